The number of furan rings is 1. The van der Waals surface area contributed by atoms with E-state index in [1.807, 2.05) is 12.1 Å². The summed E-state index contributed by atoms with van der Waals surface area (Å²) in [6, 6.07) is -13.5. The number of benzene rings is 7. The molecule has 4 aliphatic rings. The minimum atomic E-state index is -1.39. The molecule has 13 rings (SSSR count). The van der Waals surface area contributed by atoms with E-state index in [2.05, 4.69) is 13.8 Å². The number of anilines is 9. The highest BCUT2D eigenvalue weighted by Crippen LogP contribution is 2.62. The summed E-state index contributed by atoms with van der Waals surface area (Å²) < 4.78 is 232. The zero-order valence-corrected chi connectivity index (χ0v) is 42.3. The van der Waals surface area contributed by atoms with Gasteiger partial charge in [-0.1, -0.05) is 143 Å². The van der Waals surface area contributed by atoms with Crippen molar-refractivity contribution >= 4 is 106 Å². The second-order valence-electron chi connectivity index (χ2n) is 23.1. The van der Waals surface area contributed by atoms with Crippen molar-refractivity contribution in [3.05, 3.63) is 179 Å². The predicted molar refractivity (Wildman–Crippen MR) is 305 cm³/mol. The van der Waals surface area contributed by atoms with Gasteiger partial charge in [-0.2, -0.15) is 0 Å². The summed E-state index contributed by atoms with van der Waals surface area (Å²) in [5.74, 6) is -0.201. The Balaban J connectivity index is 1.37. The standard InChI is InChI=1S/C65H64BN3OS/c1-61(2,3)40-22-27-45(28-23-40)68-52-35-47(67(43-18-14-12-15-19-43)44-20-16-13-17-21-44)36-53-57(52)66(59-58(68)49-34-42(63(7,8)9)26-31-55(49)71-59)56-48-37-50-51(65(11)33-32-64(50,10)39-65)38-54(48)70-60(56)69(53)46-29-24-41(25-30-46)62(4,5)6/h12-31,34-38H,32-33,39H2,1-11H3/i12D,13D,14D,15D,16D,17D,18D,19D,20D,21D,22D,23D,24D,25D,26D,27D,28D,29D,30D,31D,34D,35D,36D. The molecule has 0 saturated heterocycles. The molecule has 2 aliphatic carbocycles. The molecule has 0 radical (unpaired) electrons. The number of rotatable bonds is 5. The molecule has 4 nitrogen and oxygen atoms in total. The second kappa shape index (κ2) is 15.0. The highest BCUT2D eigenvalue weighted by molar-refractivity contribution is 7.34. The lowest BCUT2D eigenvalue weighted by Gasteiger charge is -2.42. The fraction of sp³-hybridized carbons (Fsp3) is 0.292. The molecular weight excluding hydrogens is 882 g/mol. The fourth-order valence-corrected chi connectivity index (χ4v) is 12.5. The molecule has 4 heterocycles. The van der Waals surface area contributed by atoms with Gasteiger partial charge in [0.05, 0.1) is 42.9 Å². The highest BCUT2D eigenvalue weighted by Gasteiger charge is 2.54. The number of fused-ring (bicyclic) bond motifs is 13. The summed E-state index contributed by atoms with van der Waals surface area (Å²) in [6.07, 6.45) is 2.47. The van der Waals surface area contributed by atoms with E-state index >= 15 is 0 Å². The van der Waals surface area contributed by atoms with Crippen molar-refractivity contribution in [2.24, 2.45) is 0 Å². The molecule has 2 atom stereocenters. The number of nitrogens with zero attached hydrogens (tertiary/aromatic N) is 3. The van der Waals surface area contributed by atoms with Crippen LogP contribution in [0.3, 0.4) is 0 Å². The van der Waals surface area contributed by atoms with Crippen molar-refractivity contribution in [3.8, 4) is 0 Å². The van der Waals surface area contributed by atoms with E-state index in [4.69, 9.17) is 12.6 Å². The molecule has 354 valence electrons. The SMILES string of the molecule is [2H]c1c([2H])c([2H])c(N(c2c([2H])c([2H])c([2H])c([2H])c2[2H])c2c([2H])c3c4c(c2[2H])N(c2c([2H])c([2H])c(C(C)(C)C)c([2H])c2[2H])c2c(sc5c([2H])c([2H])c(C(C)(C)C)c([2H])c25)B4c2c(oc4cc5c(cc24)C2(C)CCC5(C)C2)N3c2c([2H])c([2H])c(C(C)(C)C)c([2H])c2[2H])c([2H])c1[2H]. The van der Waals surface area contributed by atoms with Crippen molar-refractivity contribution in [2.75, 3.05) is 14.7 Å². The van der Waals surface area contributed by atoms with E-state index < -0.39 is 184 Å². The molecule has 0 N–H and O–H groups in total. The van der Waals surface area contributed by atoms with Gasteiger partial charge in [0, 0.05) is 59.8 Å². The van der Waals surface area contributed by atoms with Crippen molar-refractivity contribution < 1.29 is 35.9 Å². The molecule has 1 fully saturated rings. The maximum Gasteiger partial charge on any atom is 0.269 e. The van der Waals surface area contributed by atoms with Gasteiger partial charge in [0.2, 0.25) is 5.88 Å². The van der Waals surface area contributed by atoms with Crippen molar-refractivity contribution in [2.45, 2.75) is 122 Å². The van der Waals surface area contributed by atoms with Gasteiger partial charge in [0.25, 0.3) is 6.71 Å². The van der Waals surface area contributed by atoms with Gasteiger partial charge in [-0.15, -0.1) is 11.3 Å². The molecule has 2 bridgehead atoms. The van der Waals surface area contributed by atoms with Gasteiger partial charge in [-0.3, -0.25) is 4.90 Å². The van der Waals surface area contributed by atoms with Crippen LogP contribution < -0.4 is 30.4 Å². The van der Waals surface area contributed by atoms with Crippen LogP contribution in [-0.2, 0) is 27.1 Å². The van der Waals surface area contributed by atoms with Crippen LogP contribution in [0.5, 0.6) is 0 Å². The van der Waals surface area contributed by atoms with Crippen molar-refractivity contribution in [1.82, 2.24) is 0 Å². The number of hydrogen-bond acceptors (Lipinski definition) is 5. The third-order valence-corrected chi connectivity index (χ3v) is 16.0. The molecular formula is C65H64BN3OS. The topological polar surface area (TPSA) is 22.9 Å². The maximum absolute atomic E-state index is 11.2. The highest BCUT2D eigenvalue weighted by atomic mass is 32.1. The van der Waals surface area contributed by atoms with Crippen LogP contribution in [0.2, 0.25) is 0 Å². The lowest BCUT2D eigenvalue weighted by molar-refractivity contribution is 0.483. The molecule has 2 unspecified atom stereocenters. The first kappa shape index (κ1) is 26.3. The Labute approximate surface area is 457 Å². The van der Waals surface area contributed by atoms with Crippen LogP contribution in [-0.4, -0.2) is 6.71 Å². The van der Waals surface area contributed by atoms with Gasteiger partial charge in [-0.25, -0.2) is 0 Å². The van der Waals surface area contributed by atoms with Gasteiger partial charge >= 0.3 is 0 Å². The first-order valence-electron chi connectivity index (χ1n) is 35.5. The van der Waals surface area contributed by atoms with Gasteiger partial charge in [0.1, 0.15) is 5.58 Å². The van der Waals surface area contributed by atoms with Crippen LogP contribution in [0, 0.1) is 0 Å². The summed E-state index contributed by atoms with van der Waals surface area (Å²) >= 11 is 0.966. The van der Waals surface area contributed by atoms with E-state index in [9.17, 15) is 23.3 Å². The molecule has 7 aromatic carbocycles. The third-order valence-electron chi connectivity index (χ3n) is 14.9. The molecule has 71 heavy (non-hydrogen) atoms. The van der Waals surface area contributed by atoms with E-state index in [0.29, 0.717) is 10.3 Å². The third kappa shape index (κ3) is 6.69. The normalized spacial score (nSPS) is 23.6. The summed E-state index contributed by atoms with van der Waals surface area (Å²) in [5, 5.41) is 0.414. The van der Waals surface area contributed by atoms with Crippen LogP contribution in [0.1, 0.15) is 155 Å². The van der Waals surface area contributed by atoms with Gasteiger partial charge in [0.15, 0.2) is 0 Å². The lowest BCUT2D eigenvalue weighted by atomic mass is 9.36. The number of thiophene rings is 1. The Morgan fingerprint density at radius 1 is 0.563 bits per heavy atom. The van der Waals surface area contributed by atoms with Crippen LogP contribution in [0.15, 0.2) is 156 Å². The van der Waals surface area contributed by atoms with Crippen LogP contribution in [0.25, 0.3) is 21.1 Å². The smallest absolute Gasteiger partial charge is 0.269 e. The molecule has 0 amide bonds. The minimum Gasteiger partial charge on any atom is -0.440 e. The fourth-order valence-electron chi connectivity index (χ4n) is 11.3. The maximum atomic E-state index is 11.2. The minimum absolute atomic E-state index is 0.00662. The Hall–Kier alpha value is -6.50. The molecule has 2 aromatic heterocycles. The van der Waals surface area contributed by atoms with Crippen molar-refractivity contribution in [1.29, 1.82) is 0 Å². The quantitative estimate of drug-likeness (QED) is 0.160. The van der Waals surface area contributed by atoms with E-state index in [-0.39, 0.29) is 88.6 Å². The predicted octanol–water partition coefficient (Wildman–Crippen LogP) is 16.8. The molecule has 2 aliphatic heterocycles. The van der Waals surface area contributed by atoms with Crippen LogP contribution in [0.4, 0.5) is 51.4 Å². The number of hydrogen-bond donors (Lipinski definition) is 0. The molecule has 6 heteroatoms. The summed E-state index contributed by atoms with van der Waals surface area (Å²) in [6.45, 7) is 18.5. The zero-order valence-electron chi connectivity index (χ0n) is 64.5. The summed E-state index contributed by atoms with van der Waals surface area (Å²) in [7, 11) is 0. The Kier molecular flexibility index (Phi) is 5.56. The summed E-state index contributed by atoms with van der Waals surface area (Å²) in [4.78, 5) is 3.02. The van der Waals surface area contributed by atoms with E-state index in [1.54, 1.807) is 62.3 Å². The van der Waals surface area contributed by atoms with Gasteiger partial charge < -0.3 is 14.2 Å². The Bertz CT molecular complexity index is 4840. The largest absolute Gasteiger partial charge is 0.440 e. The average molecular weight is 969 g/mol. The molecule has 9 aromatic rings. The number of para-hydroxylation sites is 2. The first-order valence-corrected chi connectivity index (χ1v) is 24.8. The lowest BCUT2D eigenvalue weighted by Crippen LogP contribution is -2.60. The van der Waals surface area contributed by atoms with Gasteiger partial charge in [-0.05, 0) is 164 Å². The Morgan fingerprint density at radius 2 is 1.07 bits per heavy atom. The average Bonchev–Trinajstić information content (AvgIpc) is 1.34. The van der Waals surface area contributed by atoms with Crippen molar-refractivity contribution in [3.63, 3.8) is 0 Å². The zero-order chi connectivity index (χ0) is 69.2. The Morgan fingerprint density at radius 3 is 1.62 bits per heavy atom. The van der Waals surface area contributed by atoms with Crippen LogP contribution >= 0.6 is 11.3 Å². The molecule has 0 spiro atoms. The first-order chi connectivity index (χ1) is 43.4. The second-order valence-corrected chi connectivity index (χ2v) is 24.1. The van der Waals surface area contributed by atoms with E-state index in [1.165, 1.54) is 9.80 Å². The summed E-state index contributed by atoms with van der Waals surface area (Å²) in [5.41, 5.74) is -6.19. The monoisotopic (exact) mass is 969 g/mol. The van der Waals surface area contributed by atoms with E-state index in [0.717, 1.165) is 41.7 Å². The molecule has 1 saturated carbocycles.